The minimum absolute atomic E-state index is 0.00944. The number of rotatable bonds is 3. The highest BCUT2D eigenvalue weighted by Gasteiger charge is 2.18. The summed E-state index contributed by atoms with van der Waals surface area (Å²) in [5, 5.41) is 2.73. The number of benzene rings is 2. The maximum Gasteiger partial charge on any atom is 0.258 e. The predicted molar refractivity (Wildman–Crippen MR) is 91.4 cm³/mol. The van der Waals surface area contributed by atoms with Crippen LogP contribution in [0.2, 0.25) is 0 Å². The predicted octanol–water partition coefficient (Wildman–Crippen LogP) is 3.57. The number of hydrogen-bond acceptors (Lipinski definition) is 3. The molecule has 1 aliphatic heterocycles. The Morgan fingerprint density at radius 2 is 1.91 bits per heavy atom. The molecule has 0 spiro atoms. The molecular weight excluding hydrogens is 293 g/mol. The van der Waals surface area contributed by atoms with Crippen molar-refractivity contribution in [1.82, 2.24) is 0 Å². The topological polar surface area (TPSA) is 58.4 Å². The summed E-state index contributed by atoms with van der Waals surface area (Å²) in [6.07, 6.45) is 2.33. The minimum atomic E-state index is -0.546. The van der Waals surface area contributed by atoms with Crippen LogP contribution >= 0.6 is 0 Å². The van der Waals surface area contributed by atoms with Crippen molar-refractivity contribution in [3.8, 4) is 0 Å². The van der Waals surface area contributed by atoms with Gasteiger partial charge in [-0.15, -0.1) is 0 Å². The molecule has 0 radical (unpaired) electrons. The highest BCUT2D eigenvalue weighted by molar-refractivity contribution is 6.06. The summed E-state index contributed by atoms with van der Waals surface area (Å²) in [6.45, 7) is 4.02. The van der Waals surface area contributed by atoms with Crippen LogP contribution in [-0.2, 0) is 0 Å². The largest absolute Gasteiger partial charge is 0.397 e. The Morgan fingerprint density at radius 1 is 1.22 bits per heavy atom. The lowest BCUT2D eigenvalue weighted by Gasteiger charge is -2.22. The molecule has 0 unspecified atom stereocenters. The van der Waals surface area contributed by atoms with Crippen LogP contribution in [0, 0.1) is 12.7 Å². The number of nitrogens with zero attached hydrogens (tertiary/aromatic N) is 1. The zero-order valence-electron chi connectivity index (χ0n) is 13.1. The van der Waals surface area contributed by atoms with Crippen LogP contribution in [0.25, 0.3) is 0 Å². The molecule has 1 saturated heterocycles. The SMILES string of the molecule is Cc1cc(N)c(NC(=O)c2ccccc2F)cc1N1CCCC1. The molecule has 1 amide bonds. The zero-order valence-corrected chi connectivity index (χ0v) is 13.1. The highest BCUT2D eigenvalue weighted by atomic mass is 19.1. The Morgan fingerprint density at radius 3 is 2.61 bits per heavy atom. The molecular formula is C18H20FN3O. The van der Waals surface area contributed by atoms with Crippen LogP contribution in [0.1, 0.15) is 28.8 Å². The van der Waals surface area contributed by atoms with E-state index in [0.29, 0.717) is 11.4 Å². The van der Waals surface area contributed by atoms with Gasteiger partial charge < -0.3 is 16.0 Å². The van der Waals surface area contributed by atoms with E-state index in [-0.39, 0.29) is 5.56 Å². The van der Waals surface area contributed by atoms with Crippen molar-refractivity contribution in [2.75, 3.05) is 29.0 Å². The van der Waals surface area contributed by atoms with Crippen LogP contribution in [0.15, 0.2) is 36.4 Å². The first-order valence-corrected chi connectivity index (χ1v) is 7.77. The number of aryl methyl sites for hydroxylation is 1. The number of nitrogens with one attached hydrogen (secondary N) is 1. The third-order valence-electron chi connectivity index (χ3n) is 4.18. The number of carbonyl (C=O) groups is 1. The van der Waals surface area contributed by atoms with Gasteiger partial charge in [-0.25, -0.2) is 4.39 Å². The van der Waals surface area contributed by atoms with Gasteiger partial charge in [-0.3, -0.25) is 4.79 Å². The van der Waals surface area contributed by atoms with Gasteiger partial charge in [0, 0.05) is 18.8 Å². The van der Waals surface area contributed by atoms with Crippen molar-refractivity contribution < 1.29 is 9.18 Å². The van der Waals surface area contributed by atoms with E-state index in [4.69, 9.17) is 5.73 Å². The Bertz CT molecular complexity index is 739. The molecule has 0 aromatic heterocycles. The van der Waals surface area contributed by atoms with Gasteiger partial charge in [-0.1, -0.05) is 12.1 Å². The molecule has 0 atom stereocenters. The molecule has 23 heavy (non-hydrogen) atoms. The first-order valence-electron chi connectivity index (χ1n) is 7.77. The van der Waals surface area contributed by atoms with Crippen molar-refractivity contribution in [2.24, 2.45) is 0 Å². The van der Waals surface area contributed by atoms with Gasteiger partial charge in [-0.05, 0) is 49.6 Å². The number of nitrogens with two attached hydrogens (primary N) is 1. The molecule has 0 bridgehead atoms. The van der Waals surface area contributed by atoms with Gasteiger partial charge in [0.2, 0.25) is 0 Å². The lowest BCUT2D eigenvalue weighted by atomic mass is 10.1. The number of anilines is 3. The van der Waals surface area contributed by atoms with E-state index < -0.39 is 11.7 Å². The molecule has 0 saturated carbocycles. The van der Waals surface area contributed by atoms with Crippen LogP contribution in [-0.4, -0.2) is 19.0 Å². The molecule has 1 fully saturated rings. The van der Waals surface area contributed by atoms with E-state index in [1.54, 1.807) is 12.1 Å². The van der Waals surface area contributed by atoms with Gasteiger partial charge in [0.1, 0.15) is 5.82 Å². The van der Waals surface area contributed by atoms with Gasteiger partial charge in [-0.2, -0.15) is 0 Å². The van der Waals surface area contributed by atoms with E-state index in [2.05, 4.69) is 10.2 Å². The fourth-order valence-electron chi connectivity index (χ4n) is 2.96. The summed E-state index contributed by atoms with van der Waals surface area (Å²) in [4.78, 5) is 14.6. The summed E-state index contributed by atoms with van der Waals surface area (Å²) in [7, 11) is 0. The third-order valence-corrected chi connectivity index (χ3v) is 4.18. The zero-order chi connectivity index (χ0) is 16.4. The molecule has 2 aromatic carbocycles. The standard InChI is InChI=1S/C18H20FN3O/c1-12-10-15(20)16(11-17(12)22-8-4-5-9-22)21-18(23)13-6-2-3-7-14(13)19/h2-3,6-7,10-11H,4-5,8-9,20H2,1H3,(H,21,23). The average molecular weight is 313 g/mol. The second-order valence-corrected chi connectivity index (χ2v) is 5.85. The normalized spacial score (nSPS) is 14.1. The first kappa shape index (κ1) is 15.3. The van der Waals surface area contributed by atoms with Crippen molar-refractivity contribution in [1.29, 1.82) is 0 Å². The third kappa shape index (κ3) is 3.13. The number of hydrogen-bond donors (Lipinski definition) is 2. The summed E-state index contributed by atoms with van der Waals surface area (Å²) in [6, 6.07) is 9.64. The fourth-order valence-corrected chi connectivity index (χ4v) is 2.96. The Balaban J connectivity index is 1.89. The maximum absolute atomic E-state index is 13.7. The smallest absolute Gasteiger partial charge is 0.258 e. The van der Waals surface area contributed by atoms with Crippen molar-refractivity contribution in [3.05, 3.63) is 53.3 Å². The quantitative estimate of drug-likeness (QED) is 0.852. The lowest BCUT2D eigenvalue weighted by molar-refractivity contribution is 0.102. The van der Waals surface area contributed by atoms with Crippen LogP contribution < -0.4 is 16.0 Å². The molecule has 3 N–H and O–H groups in total. The van der Waals surface area contributed by atoms with E-state index in [9.17, 15) is 9.18 Å². The molecule has 3 rings (SSSR count). The van der Waals surface area contributed by atoms with Crippen molar-refractivity contribution in [2.45, 2.75) is 19.8 Å². The summed E-state index contributed by atoms with van der Waals surface area (Å²) >= 11 is 0. The second kappa shape index (κ2) is 6.28. The van der Waals surface area contributed by atoms with E-state index >= 15 is 0 Å². The van der Waals surface area contributed by atoms with E-state index in [1.165, 1.54) is 25.0 Å². The summed E-state index contributed by atoms with van der Waals surface area (Å²) in [5.74, 6) is -1.04. The van der Waals surface area contributed by atoms with Gasteiger partial charge in [0.15, 0.2) is 0 Å². The second-order valence-electron chi connectivity index (χ2n) is 5.85. The molecule has 0 aliphatic carbocycles. The Hall–Kier alpha value is -2.56. The van der Waals surface area contributed by atoms with Crippen LogP contribution in [0.5, 0.6) is 0 Å². The van der Waals surface area contributed by atoms with Gasteiger partial charge in [0.25, 0.3) is 5.91 Å². The number of halogens is 1. The van der Waals surface area contributed by atoms with E-state index in [1.807, 2.05) is 19.1 Å². The fraction of sp³-hybridized carbons (Fsp3) is 0.278. The first-order chi connectivity index (χ1) is 11.1. The molecule has 4 nitrogen and oxygen atoms in total. The molecule has 120 valence electrons. The van der Waals surface area contributed by atoms with Crippen LogP contribution in [0.4, 0.5) is 21.5 Å². The molecule has 5 heteroatoms. The monoisotopic (exact) mass is 313 g/mol. The lowest BCUT2D eigenvalue weighted by Crippen LogP contribution is -2.20. The molecule has 1 aliphatic rings. The highest BCUT2D eigenvalue weighted by Crippen LogP contribution is 2.32. The number of amides is 1. The Kier molecular flexibility index (Phi) is 4.19. The van der Waals surface area contributed by atoms with Crippen LogP contribution in [0.3, 0.4) is 0 Å². The molecule has 2 aromatic rings. The summed E-state index contributed by atoms with van der Waals surface area (Å²) in [5.41, 5.74) is 9.18. The van der Waals surface area contributed by atoms with Gasteiger partial charge in [0.05, 0.1) is 16.9 Å². The van der Waals surface area contributed by atoms with E-state index in [0.717, 1.165) is 24.3 Å². The van der Waals surface area contributed by atoms with Crippen molar-refractivity contribution >= 4 is 23.0 Å². The van der Waals surface area contributed by atoms with Crippen molar-refractivity contribution in [3.63, 3.8) is 0 Å². The summed E-state index contributed by atoms with van der Waals surface area (Å²) < 4.78 is 13.7. The average Bonchev–Trinajstić information content (AvgIpc) is 3.04. The number of nitrogen functional groups attached to an aromatic ring is 1. The maximum atomic E-state index is 13.7. The molecule has 1 heterocycles. The van der Waals surface area contributed by atoms with Gasteiger partial charge >= 0.3 is 0 Å². The number of carbonyl (C=O) groups excluding carboxylic acids is 1. The minimum Gasteiger partial charge on any atom is -0.397 e. The Labute approximate surface area is 135 Å².